The standard InChI is InChI=1S/C16H14BrN3O/c1-10-13-8-11(17)5-6-14(13)20-15(10)16(21)19-9-12-4-2-3-7-18-12/h2-8,20H,9H2,1H3,(H,19,21). The third-order valence-corrected chi connectivity index (χ3v) is 3.90. The number of hydrogen-bond acceptors (Lipinski definition) is 2. The van der Waals surface area contributed by atoms with E-state index in [4.69, 9.17) is 0 Å². The molecule has 0 fully saturated rings. The van der Waals surface area contributed by atoms with Gasteiger partial charge < -0.3 is 10.3 Å². The molecule has 2 heterocycles. The maximum atomic E-state index is 12.3. The van der Waals surface area contributed by atoms with E-state index in [0.717, 1.165) is 26.6 Å². The van der Waals surface area contributed by atoms with E-state index >= 15 is 0 Å². The van der Waals surface area contributed by atoms with Crippen LogP contribution in [0.25, 0.3) is 10.9 Å². The second kappa shape index (κ2) is 5.69. The largest absolute Gasteiger partial charge is 0.350 e. The van der Waals surface area contributed by atoms with Crippen molar-refractivity contribution in [2.24, 2.45) is 0 Å². The third kappa shape index (κ3) is 2.83. The van der Waals surface area contributed by atoms with Gasteiger partial charge in [0.1, 0.15) is 5.69 Å². The zero-order valence-corrected chi connectivity index (χ0v) is 13.1. The molecule has 4 nitrogen and oxygen atoms in total. The summed E-state index contributed by atoms with van der Waals surface area (Å²) in [7, 11) is 0. The molecule has 0 unspecified atom stereocenters. The lowest BCUT2D eigenvalue weighted by Crippen LogP contribution is -2.24. The lowest BCUT2D eigenvalue weighted by atomic mass is 10.1. The number of hydrogen-bond donors (Lipinski definition) is 2. The van der Waals surface area contributed by atoms with Gasteiger partial charge in [-0.05, 0) is 42.8 Å². The Morgan fingerprint density at radius 1 is 1.33 bits per heavy atom. The second-order valence-corrected chi connectivity index (χ2v) is 5.73. The molecule has 0 radical (unpaired) electrons. The van der Waals surface area contributed by atoms with Crippen LogP contribution >= 0.6 is 15.9 Å². The highest BCUT2D eigenvalue weighted by Crippen LogP contribution is 2.25. The molecule has 0 saturated heterocycles. The monoisotopic (exact) mass is 343 g/mol. The van der Waals surface area contributed by atoms with Crippen molar-refractivity contribution in [3.05, 3.63) is 64.0 Å². The molecule has 3 rings (SSSR count). The fourth-order valence-corrected chi connectivity index (χ4v) is 2.65. The Labute approximate surface area is 130 Å². The summed E-state index contributed by atoms with van der Waals surface area (Å²) in [5.41, 5.74) is 3.34. The summed E-state index contributed by atoms with van der Waals surface area (Å²) in [5, 5.41) is 3.94. The average Bonchev–Trinajstić information content (AvgIpc) is 2.83. The van der Waals surface area contributed by atoms with Crippen molar-refractivity contribution in [3.8, 4) is 0 Å². The van der Waals surface area contributed by atoms with Gasteiger partial charge in [-0.2, -0.15) is 0 Å². The summed E-state index contributed by atoms with van der Waals surface area (Å²) in [6, 6.07) is 11.6. The molecule has 2 N–H and O–H groups in total. The normalized spacial score (nSPS) is 10.8. The Kier molecular flexibility index (Phi) is 3.75. The van der Waals surface area contributed by atoms with Crippen molar-refractivity contribution in [2.45, 2.75) is 13.5 Å². The number of aromatic nitrogens is 2. The number of benzene rings is 1. The summed E-state index contributed by atoms with van der Waals surface area (Å²) < 4.78 is 0.998. The second-order valence-electron chi connectivity index (χ2n) is 4.82. The molecule has 0 aliphatic carbocycles. The first kappa shape index (κ1) is 13.8. The molecule has 0 aliphatic heterocycles. The Morgan fingerprint density at radius 3 is 2.95 bits per heavy atom. The van der Waals surface area contributed by atoms with E-state index in [2.05, 4.69) is 31.2 Å². The number of amides is 1. The van der Waals surface area contributed by atoms with Crippen LogP contribution in [-0.4, -0.2) is 15.9 Å². The molecular formula is C16H14BrN3O. The molecule has 3 aromatic rings. The fraction of sp³-hybridized carbons (Fsp3) is 0.125. The molecule has 0 spiro atoms. The van der Waals surface area contributed by atoms with E-state index in [9.17, 15) is 4.79 Å². The molecule has 0 aliphatic rings. The van der Waals surface area contributed by atoms with Crippen LogP contribution in [0.2, 0.25) is 0 Å². The van der Waals surface area contributed by atoms with E-state index in [-0.39, 0.29) is 5.91 Å². The van der Waals surface area contributed by atoms with Crippen molar-refractivity contribution in [1.82, 2.24) is 15.3 Å². The minimum Gasteiger partial charge on any atom is -0.350 e. The lowest BCUT2D eigenvalue weighted by Gasteiger charge is -2.04. The number of aryl methyl sites for hydroxylation is 1. The van der Waals surface area contributed by atoms with Gasteiger partial charge in [-0.1, -0.05) is 22.0 Å². The van der Waals surface area contributed by atoms with Crippen LogP contribution in [0.3, 0.4) is 0 Å². The van der Waals surface area contributed by atoms with Gasteiger partial charge >= 0.3 is 0 Å². The van der Waals surface area contributed by atoms with Crippen LogP contribution < -0.4 is 5.32 Å². The van der Waals surface area contributed by atoms with Crippen molar-refractivity contribution in [1.29, 1.82) is 0 Å². The van der Waals surface area contributed by atoms with Crippen LogP contribution in [0.4, 0.5) is 0 Å². The number of halogens is 1. The topological polar surface area (TPSA) is 57.8 Å². The number of pyridine rings is 1. The number of H-pyrrole nitrogens is 1. The minimum absolute atomic E-state index is 0.120. The van der Waals surface area contributed by atoms with E-state index in [1.165, 1.54) is 0 Å². The van der Waals surface area contributed by atoms with Crippen LogP contribution in [0, 0.1) is 6.92 Å². The molecular weight excluding hydrogens is 330 g/mol. The molecule has 5 heteroatoms. The predicted octanol–water partition coefficient (Wildman–Crippen LogP) is 3.56. The predicted molar refractivity (Wildman–Crippen MR) is 86.1 cm³/mol. The maximum absolute atomic E-state index is 12.3. The molecule has 1 amide bonds. The number of fused-ring (bicyclic) bond motifs is 1. The Bertz CT molecular complexity index is 796. The first-order valence-electron chi connectivity index (χ1n) is 6.61. The maximum Gasteiger partial charge on any atom is 0.268 e. The van der Waals surface area contributed by atoms with E-state index in [1.807, 2.05) is 43.3 Å². The number of nitrogens with one attached hydrogen (secondary N) is 2. The smallest absolute Gasteiger partial charge is 0.268 e. The fourth-order valence-electron chi connectivity index (χ4n) is 2.29. The highest BCUT2D eigenvalue weighted by Gasteiger charge is 2.14. The van der Waals surface area contributed by atoms with Gasteiger partial charge in [-0.25, -0.2) is 0 Å². The molecule has 0 atom stereocenters. The van der Waals surface area contributed by atoms with E-state index in [1.54, 1.807) is 6.20 Å². The number of aromatic amines is 1. The summed E-state index contributed by atoms with van der Waals surface area (Å²) >= 11 is 3.45. The average molecular weight is 344 g/mol. The van der Waals surface area contributed by atoms with Crippen LogP contribution in [0.5, 0.6) is 0 Å². The Morgan fingerprint density at radius 2 is 2.19 bits per heavy atom. The quantitative estimate of drug-likeness (QED) is 0.763. The third-order valence-electron chi connectivity index (χ3n) is 3.40. The van der Waals surface area contributed by atoms with Gasteiger partial charge in [0.05, 0.1) is 12.2 Å². The van der Waals surface area contributed by atoms with Crippen molar-refractivity contribution in [3.63, 3.8) is 0 Å². The minimum atomic E-state index is -0.120. The summed E-state index contributed by atoms with van der Waals surface area (Å²) in [5.74, 6) is -0.120. The first-order valence-corrected chi connectivity index (χ1v) is 7.40. The number of nitrogens with zero attached hydrogens (tertiary/aromatic N) is 1. The van der Waals surface area contributed by atoms with E-state index in [0.29, 0.717) is 12.2 Å². The van der Waals surface area contributed by atoms with Crippen molar-refractivity contribution in [2.75, 3.05) is 0 Å². The first-order chi connectivity index (χ1) is 10.1. The SMILES string of the molecule is Cc1c(C(=O)NCc2ccccn2)[nH]c2ccc(Br)cc12. The number of carbonyl (C=O) groups excluding carboxylic acids is 1. The van der Waals surface area contributed by atoms with Gasteiger partial charge in [0.2, 0.25) is 0 Å². The zero-order chi connectivity index (χ0) is 14.8. The highest BCUT2D eigenvalue weighted by atomic mass is 79.9. The lowest BCUT2D eigenvalue weighted by molar-refractivity contribution is 0.0945. The molecule has 106 valence electrons. The van der Waals surface area contributed by atoms with Gasteiger partial charge in [0, 0.05) is 21.6 Å². The van der Waals surface area contributed by atoms with Crippen molar-refractivity contribution < 1.29 is 4.79 Å². The Hall–Kier alpha value is -2.14. The zero-order valence-electron chi connectivity index (χ0n) is 11.5. The van der Waals surface area contributed by atoms with Crippen LogP contribution in [0.15, 0.2) is 47.1 Å². The molecule has 21 heavy (non-hydrogen) atoms. The van der Waals surface area contributed by atoms with E-state index < -0.39 is 0 Å². The van der Waals surface area contributed by atoms with Crippen LogP contribution in [0.1, 0.15) is 21.7 Å². The molecule has 2 aromatic heterocycles. The summed E-state index contributed by atoms with van der Waals surface area (Å²) in [6.45, 7) is 2.36. The molecule has 0 bridgehead atoms. The van der Waals surface area contributed by atoms with Gasteiger partial charge in [0.15, 0.2) is 0 Å². The highest BCUT2D eigenvalue weighted by molar-refractivity contribution is 9.10. The summed E-state index contributed by atoms with van der Waals surface area (Å²) in [6.07, 6.45) is 1.72. The van der Waals surface area contributed by atoms with Gasteiger partial charge in [-0.3, -0.25) is 9.78 Å². The number of rotatable bonds is 3. The molecule has 0 saturated carbocycles. The Balaban J connectivity index is 1.83. The summed E-state index contributed by atoms with van der Waals surface area (Å²) in [4.78, 5) is 19.7. The van der Waals surface area contributed by atoms with Gasteiger partial charge in [-0.15, -0.1) is 0 Å². The van der Waals surface area contributed by atoms with Crippen LogP contribution in [-0.2, 0) is 6.54 Å². The van der Waals surface area contributed by atoms with Gasteiger partial charge in [0.25, 0.3) is 5.91 Å². The number of carbonyl (C=O) groups is 1. The van der Waals surface area contributed by atoms with Crippen molar-refractivity contribution >= 4 is 32.7 Å². The molecule has 1 aromatic carbocycles.